The number of piperidine rings is 1. The minimum atomic E-state index is -0.307. The van der Waals surface area contributed by atoms with E-state index in [0.717, 1.165) is 9.83 Å². The summed E-state index contributed by atoms with van der Waals surface area (Å²) in [6, 6.07) is 4.97. The zero-order chi connectivity index (χ0) is 20.4. The topological polar surface area (TPSA) is 87.2 Å². The highest BCUT2D eigenvalue weighted by Gasteiger charge is 2.27. The predicted octanol–water partition coefficient (Wildman–Crippen LogP) is 3.04. The van der Waals surface area contributed by atoms with Gasteiger partial charge in [-0.25, -0.2) is 14.4 Å². The molecule has 0 atom stereocenters. The highest BCUT2D eigenvalue weighted by atomic mass is 32.1. The highest BCUT2D eigenvalue weighted by molar-refractivity contribution is 7.22. The van der Waals surface area contributed by atoms with Crippen molar-refractivity contribution in [3.63, 3.8) is 0 Å². The number of hydrogen-bond acceptors (Lipinski definition) is 7. The largest absolute Gasteiger partial charge is 0.359 e. The lowest BCUT2D eigenvalue weighted by Gasteiger charge is -2.30. The molecule has 152 valence electrons. The van der Waals surface area contributed by atoms with E-state index in [0.29, 0.717) is 42.3 Å². The Labute approximate surface area is 175 Å². The SMILES string of the molecule is CNC(=O)Cc1csc(NC(=O)C2CCN(c3nc4c(F)cccc4s3)CC2)n1. The van der Waals surface area contributed by atoms with Gasteiger partial charge in [-0.05, 0) is 25.0 Å². The van der Waals surface area contributed by atoms with Crippen LogP contribution in [0.1, 0.15) is 18.5 Å². The number of nitrogens with one attached hydrogen (secondary N) is 2. The lowest BCUT2D eigenvalue weighted by Crippen LogP contribution is -2.38. The number of rotatable bonds is 5. The van der Waals surface area contributed by atoms with E-state index in [4.69, 9.17) is 0 Å². The van der Waals surface area contributed by atoms with Gasteiger partial charge in [0.25, 0.3) is 0 Å². The van der Waals surface area contributed by atoms with Gasteiger partial charge < -0.3 is 15.5 Å². The summed E-state index contributed by atoms with van der Waals surface area (Å²) in [5.74, 6) is -0.585. The second-order valence-electron chi connectivity index (χ2n) is 6.83. The molecule has 2 amide bonds. The molecule has 0 aliphatic carbocycles. The fraction of sp³-hybridized carbons (Fsp3) is 0.368. The van der Waals surface area contributed by atoms with Crippen LogP contribution in [0.5, 0.6) is 0 Å². The highest BCUT2D eigenvalue weighted by Crippen LogP contribution is 2.32. The third kappa shape index (κ3) is 4.38. The Morgan fingerprint density at radius 2 is 2.07 bits per heavy atom. The fourth-order valence-electron chi connectivity index (χ4n) is 3.28. The Kier molecular flexibility index (Phi) is 5.72. The van der Waals surface area contributed by atoms with Crippen LogP contribution in [0.15, 0.2) is 23.6 Å². The molecule has 3 heterocycles. The molecule has 7 nitrogen and oxygen atoms in total. The van der Waals surface area contributed by atoms with Gasteiger partial charge in [0.15, 0.2) is 10.3 Å². The number of halogens is 1. The van der Waals surface area contributed by atoms with Crippen LogP contribution in [0.4, 0.5) is 14.7 Å². The van der Waals surface area contributed by atoms with Crippen LogP contribution in [0.2, 0.25) is 0 Å². The third-order valence-electron chi connectivity index (χ3n) is 4.90. The van der Waals surface area contributed by atoms with Crippen molar-refractivity contribution in [2.24, 2.45) is 5.92 Å². The molecule has 0 saturated carbocycles. The number of fused-ring (bicyclic) bond motifs is 1. The predicted molar refractivity (Wildman–Crippen MR) is 113 cm³/mol. The van der Waals surface area contributed by atoms with Crippen LogP contribution < -0.4 is 15.5 Å². The minimum absolute atomic E-state index is 0.0548. The number of likely N-dealkylation sites (N-methyl/N-ethyl adjacent to an activating group) is 1. The van der Waals surface area contributed by atoms with Crippen LogP contribution >= 0.6 is 22.7 Å². The lowest BCUT2D eigenvalue weighted by atomic mass is 9.96. The molecule has 1 fully saturated rings. The maximum atomic E-state index is 13.9. The van der Waals surface area contributed by atoms with Gasteiger partial charge in [0, 0.05) is 31.4 Å². The van der Waals surface area contributed by atoms with Gasteiger partial charge in [-0.15, -0.1) is 11.3 Å². The molecule has 1 saturated heterocycles. The van der Waals surface area contributed by atoms with Crippen molar-refractivity contribution < 1.29 is 14.0 Å². The average molecular weight is 434 g/mol. The number of carbonyl (C=O) groups is 2. The fourth-order valence-corrected chi connectivity index (χ4v) is 5.02. The summed E-state index contributed by atoms with van der Waals surface area (Å²) < 4.78 is 14.7. The zero-order valence-electron chi connectivity index (χ0n) is 15.8. The molecule has 1 aromatic carbocycles. The molecule has 2 N–H and O–H groups in total. The number of carbonyl (C=O) groups excluding carboxylic acids is 2. The number of hydrogen-bond donors (Lipinski definition) is 2. The standard InChI is InChI=1S/C19H20FN5O2S2/c1-21-15(26)9-12-10-28-18(22-12)24-17(27)11-5-7-25(8-6-11)19-23-16-13(20)3-2-4-14(16)29-19/h2-4,10-11H,5-9H2,1H3,(H,21,26)(H,22,24,27). The van der Waals surface area contributed by atoms with Crippen molar-refractivity contribution in [1.29, 1.82) is 0 Å². The van der Waals surface area contributed by atoms with E-state index in [1.165, 1.54) is 28.7 Å². The summed E-state index contributed by atoms with van der Waals surface area (Å²) in [6.07, 6.45) is 1.59. The molecular formula is C19H20FN5O2S2. The maximum Gasteiger partial charge on any atom is 0.229 e. The van der Waals surface area contributed by atoms with Crippen molar-refractivity contribution in [2.75, 3.05) is 30.4 Å². The monoisotopic (exact) mass is 433 g/mol. The van der Waals surface area contributed by atoms with Gasteiger partial charge in [-0.2, -0.15) is 0 Å². The van der Waals surface area contributed by atoms with E-state index in [-0.39, 0.29) is 30.0 Å². The second kappa shape index (κ2) is 8.42. The Balaban J connectivity index is 1.33. The van der Waals surface area contributed by atoms with Gasteiger partial charge >= 0.3 is 0 Å². The number of nitrogens with zero attached hydrogens (tertiary/aromatic N) is 3. The quantitative estimate of drug-likeness (QED) is 0.646. The summed E-state index contributed by atoms with van der Waals surface area (Å²) in [5, 5.41) is 8.50. The van der Waals surface area contributed by atoms with Crippen molar-refractivity contribution in [2.45, 2.75) is 19.3 Å². The van der Waals surface area contributed by atoms with Crippen LogP contribution in [0, 0.1) is 11.7 Å². The summed E-state index contributed by atoms with van der Waals surface area (Å²) in [6.45, 7) is 1.39. The number of aromatic nitrogens is 2. The van der Waals surface area contributed by atoms with Gasteiger partial charge in [0.05, 0.1) is 16.8 Å². The number of amides is 2. The van der Waals surface area contributed by atoms with Gasteiger partial charge in [-0.3, -0.25) is 9.59 Å². The molecule has 1 aliphatic rings. The van der Waals surface area contributed by atoms with E-state index < -0.39 is 0 Å². The number of benzene rings is 1. The summed E-state index contributed by atoms with van der Waals surface area (Å²) in [7, 11) is 1.58. The molecule has 10 heteroatoms. The van der Waals surface area contributed by atoms with Gasteiger partial charge in [0.1, 0.15) is 11.3 Å². The van der Waals surface area contributed by atoms with Gasteiger partial charge in [-0.1, -0.05) is 17.4 Å². The summed E-state index contributed by atoms with van der Waals surface area (Å²) in [4.78, 5) is 34.8. The van der Waals surface area contributed by atoms with Crippen LogP contribution in [-0.4, -0.2) is 41.9 Å². The smallest absolute Gasteiger partial charge is 0.229 e. The maximum absolute atomic E-state index is 13.9. The van der Waals surface area contributed by atoms with Gasteiger partial charge in [0.2, 0.25) is 11.8 Å². The summed E-state index contributed by atoms with van der Waals surface area (Å²) >= 11 is 2.79. The second-order valence-corrected chi connectivity index (χ2v) is 8.69. The Morgan fingerprint density at radius 1 is 1.28 bits per heavy atom. The van der Waals surface area contributed by atoms with E-state index in [1.807, 2.05) is 6.07 Å². The molecule has 3 aromatic rings. The molecule has 0 unspecified atom stereocenters. The average Bonchev–Trinajstić information content (AvgIpc) is 3.35. The Bertz CT molecular complexity index is 1040. The number of anilines is 2. The van der Waals surface area contributed by atoms with Crippen LogP contribution in [0.25, 0.3) is 10.2 Å². The molecule has 1 aliphatic heterocycles. The first-order chi connectivity index (χ1) is 14.0. The lowest BCUT2D eigenvalue weighted by molar-refractivity contribution is -0.120. The number of para-hydroxylation sites is 1. The van der Waals surface area contributed by atoms with Crippen molar-refractivity contribution >= 4 is 55.0 Å². The number of thiazole rings is 2. The normalized spacial score (nSPS) is 14.9. The minimum Gasteiger partial charge on any atom is -0.359 e. The first kappa shape index (κ1) is 19.7. The molecule has 0 spiro atoms. The molecule has 29 heavy (non-hydrogen) atoms. The van der Waals surface area contributed by atoms with Crippen LogP contribution in [0.3, 0.4) is 0 Å². The van der Waals surface area contributed by atoms with Crippen molar-refractivity contribution in [3.05, 3.63) is 35.1 Å². The van der Waals surface area contributed by atoms with E-state index in [1.54, 1.807) is 18.5 Å². The Hall–Kier alpha value is -2.59. The van der Waals surface area contributed by atoms with Crippen molar-refractivity contribution in [1.82, 2.24) is 15.3 Å². The van der Waals surface area contributed by atoms with E-state index >= 15 is 0 Å². The molecule has 2 aromatic heterocycles. The van der Waals surface area contributed by atoms with Crippen LogP contribution in [-0.2, 0) is 16.0 Å². The van der Waals surface area contributed by atoms with Crippen molar-refractivity contribution in [3.8, 4) is 0 Å². The first-order valence-electron chi connectivity index (χ1n) is 9.29. The zero-order valence-corrected chi connectivity index (χ0v) is 17.4. The summed E-state index contributed by atoms with van der Waals surface area (Å²) in [5.41, 5.74) is 1.05. The molecule has 4 rings (SSSR count). The molecular weight excluding hydrogens is 413 g/mol. The molecule has 0 bridgehead atoms. The van der Waals surface area contributed by atoms with E-state index in [2.05, 4.69) is 25.5 Å². The Morgan fingerprint density at radius 3 is 2.79 bits per heavy atom. The first-order valence-corrected chi connectivity index (χ1v) is 11.0. The van der Waals surface area contributed by atoms with E-state index in [9.17, 15) is 14.0 Å². The molecule has 0 radical (unpaired) electrons. The third-order valence-corrected chi connectivity index (χ3v) is 6.79.